The van der Waals surface area contributed by atoms with Gasteiger partial charge >= 0.3 is 0 Å². The zero-order chi connectivity index (χ0) is 16.7. The number of aromatic nitrogens is 1. The molecule has 0 aliphatic carbocycles. The zero-order valence-corrected chi connectivity index (χ0v) is 13.2. The second kappa shape index (κ2) is 7.71. The van der Waals surface area contributed by atoms with E-state index in [-0.39, 0.29) is 0 Å². The van der Waals surface area contributed by atoms with Crippen molar-refractivity contribution in [2.24, 2.45) is 4.99 Å². The minimum atomic E-state index is 0.292. The summed E-state index contributed by atoms with van der Waals surface area (Å²) in [5.74, 6) is 0.292. The van der Waals surface area contributed by atoms with E-state index >= 15 is 0 Å². The van der Waals surface area contributed by atoms with Crippen molar-refractivity contribution in [3.63, 3.8) is 0 Å². The monoisotopic (exact) mass is 303 g/mol. The highest BCUT2D eigenvalue weighted by Crippen LogP contribution is 2.22. The van der Waals surface area contributed by atoms with Crippen LogP contribution in [0.4, 0.5) is 5.69 Å². The van der Waals surface area contributed by atoms with Crippen molar-refractivity contribution in [1.29, 1.82) is 5.26 Å². The number of aliphatic imine (C=N–C) groups is 1. The summed E-state index contributed by atoms with van der Waals surface area (Å²) in [5.41, 5.74) is 3.39. The quantitative estimate of drug-likeness (QED) is 0.614. The molecule has 0 unspecified atom stereocenters. The Morgan fingerprint density at radius 2 is 2.09 bits per heavy atom. The molecular formula is C19H17N3O. The molecule has 0 amide bonds. The summed E-state index contributed by atoms with van der Waals surface area (Å²) in [6.07, 6.45) is 5.38. The van der Waals surface area contributed by atoms with E-state index in [0.29, 0.717) is 17.1 Å². The standard InChI is InChI=1S/C19H17N3O/c1-4-8-14(2)18(15-9-6-5-7-10-15)22-17-11-16(12-20)19(23-3)21-13-17/h4-11,13H,2H2,1,3H3/b8-4-,22-18-. The van der Waals surface area contributed by atoms with Crippen molar-refractivity contribution in [2.75, 3.05) is 7.11 Å². The van der Waals surface area contributed by atoms with E-state index in [4.69, 9.17) is 4.74 Å². The topological polar surface area (TPSA) is 58.3 Å². The first-order chi connectivity index (χ1) is 11.2. The summed E-state index contributed by atoms with van der Waals surface area (Å²) in [4.78, 5) is 8.75. The Morgan fingerprint density at radius 1 is 1.35 bits per heavy atom. The molecule has 4 heteroatoms. The lowest BCUT2D eigenvalue weighted by Gasteiger charge is -2.08. The van der Waals surface area contributed by atoms with Crippen LogP contribution < -0.4 is 4.74 Å². The maximum absolute atomic E-state index is 9.17. The summed E-state index contributed by atoms with van der Waals surface area (Å²) in [6.45, 7) is 5.99. The first-order valence-electron chi connectivity index (χ1n) is 7.09. The number of allylic oxidation sites excluding steroid dienone is 3. The Hall–Kier alpha value is -3.19. The lowest BCUT2D eigenvalue weighted by molar-refractivity contribution is 0.396. The Labute approximate surface area is 136 Å². The van der Waals surface area contributed by atoms with E-state index in [0.717, 1.165) is 16.8 Å². The second-order valence-corrected chi connectivity index (χ2v) is 4.71. The van der Waals surface area contributed by atoms with Gasteiger partial charge in [0.25, 0.3) is 0 Å². The predicted molar refractivity (Wildman–Crippen MR) is 92.1 cm³/mol. The maximum atomic E-state index is 9.17. The fraction of sp³-hybridized carbons (Fsp3) is 0.105. The lowest BCUT2D eigenvalue weighted by Crippen LogP contribution is -2.02. The van der Waals surface area contributed by atoms with Crippen molar-refractivity contribution < 1.29 is 4.74 Å². The summed E-state index contributed by atoms with van der Waals surface area (Å²) in [7, 11) is 1.48. The molecular weight excluding hydrogens is 286 g/mol. The van der Waals surface area contributed by atoms with Crippen molar-refractivity contribution in [3.05, 3.63) is 78.0 Å². The van der Waals surface area contributed by atoms with Crippen molar-refractivity contribution in [3.8, 4) is 11.9 Å². The van der Waals surface area contributed by atoms with Crippen molar-refractivity contribution in [1.82, 2.24) is 4.98 Å². The van der Waals surface area contributed by atoms with Gasteiger partial charge in [-0.1, -0.05) is 49.1 Å². The Balaban J connectivity index is 2.54. The molecule has 0 bridgehead atoms. The predicted octanol–water partition coefficient (Wildman–Crippen LogP) is 4.21. The van der Waals surface area contributed by atoms with Gasteiger partial charge in [0, 0.05) is 5.56 Å². The van der Waals surface area contributed by atoms with Crippen LogP contribution in [0.3, 0.4) is 0 Å². The van der Waals surface area contributed by atoms with Crippen molar-refractivity contribution >= 4 is 11.4 Å². The third-order valence-corrected chi connectivity index (χ3v) is 3.11. The van der Waals surface area contributed by atoms with Crippen LogP contribution in [0, 0.1) is 11.3 Å². The molecule has 4 nitrogen and oxygen atoms in total. The van der Waals surface area contributed by atoms with Gasteiger partial charge < -0.3 is 4.74 Å². The van der Waals surface area contributed by atoms with Crippen molar-refractivity contribution in [2.45, 2.75) is 6.92 Å². The molecule has 0 saturated carbocycles. The first-order valence-corrected chi connectivity index (χ1v) is 7.09. The Bertz CT molecular complexity index is 799. The third-order valence-electron chi connectivity index (χ3n) is 3.11. The molecule has 1 aromatic carbocycles. The fourth-order valence-electron chi connectivity index (χ4n) is 2.07. The fourth-order valence-corrected chi connectivity index (χ4v) is 2.07. The molecule has 0 saturated heterocycles. The largest absolute Gasteiger partial charge is 0.480 e. The number of methoxy groups -OCH3 is 1. The minimum absolute atomic E-state index is 0.292. The normalized spacial score (nSPS) is 11.3. The summed E-state index contributed by atoms with van der Waals surface area (Å²) < 4.78 is 5.06. The van der Waals surface area contributed by atoms with Gasteiger partial charge in [-0.25, -0.2) is 9.98 Å². The molecule has 0 aliphatic heterocycles. The molecule has 1 heterocycles. The van der Waals surface area contributed by atoms with Crippen LogP contribution in [0.15, 0.2) is 71.9 Å². The second-order valence-electron chi connectivity index (χ2n) is 4.71. The van der Waals surface area contributed by atoms with E-state index in [2.05, 4.69) is 22.6 Å². The highest BCUT2D eigenvalue weighted by molar-refractivity contribution is 6.14. The smallest absolute Gasteiger partial charge is 0.231 e. The molecule has 114 valence electrons. The number of rotatable bonds is 5. The number of nitrogens with zero attached hydrogens (tertiary/aromatic N) is 3. The Morgan fingerprint density at radius 3 is 2.70 bits per heavy atom. The van der Waals surface area contributed by atoms with Crippen LogP contribution in [0.2, 0.25) is 0 Å². The molecule has 2 rings (SSSR count). The molecule has 0 atom stereocenters. The average molecular weight is 303 g/mol. The minimum Gasteiger partial charge on any atom is -0.480 e. The highest BCUT2D eigenvalue weighted by atomic mass is 16.5. The van der Waals surface area contributed by atoms with Gasteiger partial charge in [-0.05, 0) is 18.6 Å². The van der Waals surface area contributed by atoms with E-state index < -0.39 is 0 Å². The van der Waals surface area contributed by atoms with Gasteiger partial charge in [-0.2, -0.15) is 5.26 Å². The van der Waals surface area contributed by atoms with Crippen LogP contribution in [-0.4, -0.2) is 17.8 Å². The van der Waals surface area contributed by atoms with Crippen LogP contribution >= 0.6 is 0 Å². The highest BCUT2D eigenvalue weighted by Gasteiger charge is 2.09. The van der Waals surface area contributed by atoms with Gasteiger partial charge in [0.1, 0.15) is 11.6 Å². The van der Waals surface area contributed by atoms with Gasteiger partial charge in [0.2, 0.25) is 5.88 Å². The van der Waals surface area contributed by atoms with E-state index in [1.165, 1.54) is 7.11 Å². The van der Waals surface area contributed by atoms with Crippen LogP contribution in [0.1, 0.15) is 18.1 Å². The molecule has 0 spiro atoms. The first kappa shape index (κ1) is 16.2. The number of benzene rings is 1. The molecule has 0 N–H and O–H groups in total. The molecule has 0 aliphatic rings. The number of pyridine rings is 1. The van der Waals surface area contributed by atoms with Crippen LogP contribution in [0.5, 0.6) is 5.88 Å². The van der Waals surface area contributed by atoms with Gasteiger partial charge in [-0.15, -0.1) is 0 Å². The van der Waals surface area contributed by atoms with E-state index in [1.807, 2.05) is 49.4 Å². The van der Waals surface area contributed by atoms with Crippen LogP contribution in [-0.2, 0) is 0 Å². The molecule has 2 aromatic rings. The van der Waals surface area contributed by atoms with Gasteiger partial charge in [0.15, 0.2) is 0 Å². The molecule has 0 radical (unpaired) electrons. The number of ether oxygens (including phenoxy) is 1. The maximum Gasteiger partial charge on any atom is 0.231 e. The number of hydrogen-bond donors (Lipinski definition) is 0. The zero-order valence-electron chi connectivity index (χ0n) is 13.2. The number of hydrogen-bond acceptors (Lipinski definition) is 4. The van der Waals surface area contributed by atoms with E-state index in [1.54, 1.807) is 12.3 Å². The van der Waals surface area contributed by atoms with Gasteiger partial charge in [-0.3, -0.25) is 0 Å². The van der Waals surface area contributed by atoms with E-state index in [9.17, 15) is 5.26 Å². The summed E-state index contributed by atoms with van der Waals surface area (Å²) in [5, 5.41) is 9.17. The summed E-state index contributed by atoms with van der Waals surface area (Å²) in [6, 6.07) is 13.5. The summed E-state index contributed by atoms with van der Waals surface area (Å²) >= 11 is 0. The SMILES string of the molecule is C=C(/C=C\C)/C(=N/c1cnc(OC)c(C#N)c1)c1ccccc1. The van der Waals surface area contributed by atoms with Gasteiger partial charge in [0.05, 0.1) is 24.7 Å². The molecule has 23 heavy (non-hydrogen) atoms. The van der Waals surface area contributed by atoms with Crippen LogP contribution in [0.25, 0.3) is 0 Å². The average Bonchev–Trinajstić information content (AvgIpc) is 2.60. The number of nitriles is 1. The third kappa shape index (κ3) is 3.92. The molecule has 0 fully saturated rings. The Kier molecular flexibility index (Phi) is 5.43. The molecule has 1 aromatic heterocycles. The lowest BCUT2D eigenvalue weighted by atomic mass is 10.0.